The lowest BCUT2D eigenvalue weighted by molar-refractivity contribution is 0.371. The van der Waals surface area contributed by atoms with Crippen LogP contribution in [0.25, 0.3) is 0 Å². The van der Waals surface area contributed by atoms with E-state index in [9.17, 15) is 0 Å². The molecule has 0 atom stereocenters. The third-order valence-electron chi connectivity index (χ3n) is 2.58. The predicted molar refractivity (Wildman–Crippen MR) is 67.4 cm³/mol. The minimum absolute atomic E-state index is 0.668. The van der Waals surface area contributed by atoms with E-state index in [-0.39, 0.29) is 0 Å². The number of tetrazole rings is 1. The fourth-order valence-corrected chi connectivity index (χ4v) is 1.85. The summed E-state index contributed by atoms with van der Waals surface area (Å²) in [5.74, 6) is 1.59. The van der Waals surface area contributed by atoms with E-state index >= 15 is 0 Å². The Kier molecular flexibility index (Phi) is 3.88. The first kappa shape index (κ1) is 12.5. The molecule has 6 heteroatoms. The molecule has 1 N–H and O–H groups in total. The molecule has 0 fully saturated rings. The van der Waals surface area contributed by atoms with E-state index in [0.29, 0.717) is 12.2 Å². The summed E-state index contributed by atoms with van der Waals surface area (Å²) >= 11 is 0. The lowest BCUT2D eigenvalue weighted by Crippen LogP contribution is -2.12. The van der Waals surface area contributed by atoms with Crippen LogP contribution in [-0.4, -0.2) is 46.7 Å². The highest BCUT2D eigenvalue weighted by molar-refractivity contribution is 5.38. The highest BCUT2D eigenvalue weighted by Crippen LogP contribution is 2.21. The van der Waals surface area contributed by atoms with Gasteiger partial charge in [0.25, 0.3) is 0 Å². The van der Waals surface area contributed by atoms with Gasteiger partial charge < -0.3 is 9.64 Å². The zero-order valence-corrected chi connectivity index (χ0v) is 10.8. The Hall–Kier alpha value is -1.95. The number of H-pyrrole nitrogens is 1. The van der Waals surface area contributed by atoms with Crippen molar-refractivity contribution in [3.05, 3.63) is 35.2 Å². The molecule has 1 aromatic carbocycles. The zero-order valence-electron chi connectivity index (χ0n) is 10.8. The van der Waals surface area contributed by atoms with Gasteiger partial charge in [-0.2, -0.15) is 5.21 Å². The minimum Gasteiger partial charge on any atom is -0.496 e. The van der Waals surface area contributed by atoms with Gasteiger partial charge in [0.1, 0.15) is 5.75 Å². The zero-order chi connectivity index (χ0) is 13.0. The molecule has 18 heavy (non-hydrogen) atoms. The molecule has 0 aliphatic heterocycles. The first-order chi connectivity index (χ1) is 8.69. The Morgan fingerprint density at radius 3 is 2.78 bits per heavy atom. The highest BCUT2D eigenvalue weighted by Gasteiger charge is 2.07. The van der Waals surface area contributed by atoms with Gasteiger partial charge in [-0.15, -0.1) is 10.2 Å². The van der Waals surface area contributed by atoms with Gasteiger partial charge in [0.15, 0.2) is 5.82 Å². The summed E-state index contributed by atoms with van der Waals surface area (Å²) in [6.07, 6.45) is 0.668. The third kappa shape index (κ3) is 3.04. The molecule has 0 radical (unpaired) electrons. The molecule has 1 heterocycles. The number of nitrogens with one attached hydrogen (secondary N) is 1. The van der Waals surface area contributed by atoms with Crippen molar-refractivity contribution < 1.29 is 4.74 Å². The monoisotopic (exact) mass is 247 g/mol. The van der Waals surface area contributed by atoms with Crippen LogP contribution in [0.3, 0.4) is 0 Å². The van der Waals surface area contributed by atoms with Crippen molar-refractivity contribution in [1.82, 2.24) is 25.5 Å². The normalized spacial score (nSPS) is 10.9. The molecular weight excluding hydrogens is 230 g/mol. The van der Waals surface area contributed by atoms with Crippen LogP contribution in [0.5, 0.6) is 5.75 Å². The Bertz CT molecular complexity index is 495. The van der Waals surface area contributed by atoms with Crippen LogP contribution in [0.15, 0.2) is 18.2 Å². The number of hydrogen-bond donors (Lipinski definition) is 1. The van der Waals surface area contributed by atoms with Gasteiger partial charge in [0, 0.05) is 18.5 Å². The number of benzene rings is 1. The maximum Gasteiger partial charge on any atom is 0.178 e. The van der Waals surface area contributed by atoms with Crippen LogP contribution in [0, 0.1) is 0 Å². The standard InChI is InChI=1S/C12H17N5O/c1-17(2)8-10-6-9(4-5-11(10)18-3)7-12-13-15-16-14-12/h4-6H,7-8H2,1-3H3,(H,13,14,15,16). The number of hydrogen-bond acceptors (Lipinski definition) is 5. The Balaban J connectivity index is 2.21. The van der Waals surface area contributed by atoms with Gasteiger partial charge in [-0.05, 0) is 25.7 Å². The van der Waals surface area contributed by atoms with Crippen LogP contribution >= 0.6 is 0 Å². The van der Waals surface area contributed by atoms with E-state index in [0.717, 1.165) is 23.4 Å². The van der Waals surface area contributed by atoms with Crippen molar-refractivity contribution >= 4 is 0 Å². The summed E-state index contributed by atoms with van der Waals surface area (Å²) in [6, 6.07) is 6.12. The van der Waals surface area contributed by atoms with Gasteiger partial charge in [-0.3, -0.25) is 0 Å². The number of methoxy groups -OCH3 is 1. The molecule has 0 amide bonds. The Morgan fingerprint density at radius 1 is 1.33 bits per heavy atom. The average molecular weight is 247 g/mol. The SMILES string of the molecule is COc1ccc(Cc2nn[nH]n2)cc1CN(C)C. The maximum atomic E-state index is 5.36. The second-order valence-electron chi connectivity index (χ2n) is 4.39. The molecule has 1 aromatic heterocycles. The molecule has 0 unspecified atom stereocenters. The van der Waals surface area contributed by atoms with Crippen molar-refractivity contribution in [2.75, 3.05) is 21.2 Å². The van der Waals surface area contributed by atoms with Crippen molar-refractivity contribution in [3.8, 4) is 5.75 Å². The Morgan fingerprint density at radius 2 is 2.17 bits per heavy atom. The van der Waals surface area contributed by atoms with E-state index in [4.69, 9.17) is 4.74 Å². The molecular formula is C12H17N5O. The molecule has 6 nitrogen and oxygen atoms in total. The van der Waals surface area contributed by atoms with E-state index in [2.05, 4.69) is 31.6 Å². The van der Waals surface area contributed by atoms with Crippen LogP contribution in [0.1, 0.15) is 17.0 Å². The fraction of sp³-hybridized carbons (Fsp3) is 0.417. The molecule has 96 valence electrons. The molecule has 0 bridgehead atoms. The number of rotatable bonds is 5. The summed E-state index contributed by atoms with van der Waals surface area (Å²) in [6.45, 7) is 0.837. The van der Waals surface area contributed by atoms with Gasteiger partial charge in [-0.25, -0.2) is 0 Å². The van der Waals surface area contributed by atoms with Crippen molar-refractivity contribution in [1.29, 1.82) is 0 Å². The summed E-state index contributed by atoms with van der Waals surface area (Å²) in [4.78, 5) is 2.11. The highest BCUT2D eigenvalue weighted by atomic mass is 16.5. The van der Waals surface area contributed by atoms with Gasteiger partial charge in [-0.1, -0.05) is 17.3 Å². The summed E-state index contributed by atoms with van der Waals surface area (Å²) < 4.78 is 5.36. The van der Waals surface area contributed by atoms with E-state index in [1.807, 2.05) is 26.2 Å². The maximum absolute atomic E-state index is 5.36. The second-order valence-corrected chi connectivity index (χ2v) is 4.39. The first-order valence-electron chi connectivity index (χ1n) is 5.72. The second kappa shape index (κ2) is 5.59. The van der Waals surface area contributed by atoms with Crippen molar-refractivity contribution in [2.24, 2.45) is 0 Å². The van der Waals surface area contributed by atoms with E-state index in [1.54, 1.807) is 7.11 Å². The average Bonchev–Trinajstić information content (AvgIpc) is 2.81. The Labute approximate surface area is 106 Å². The molecule has 0 saturated carbocycles. The predicted octanol–water partition coefficient (Wildman–Crippen LogP) is 0.861. The van der Waals surface area contributed by atoms with Crippen LogP contribution < -0.4 is 4.74 Å². The minimum atomic E-state index is 0.668. The molecule has 0 spiro atoms. The molecule has 2 aromatic rings. The first-order valence-corrected chi connectivity index (χ1v) is 5.72. The van der Waals surface area contributed by atoms with Crippen molar-refractivity contribution in [3.63, 3.8) is 0 Å². The van der Waals surface area contributed by atoms with Gasteiger partial charge >= 0.3 is 0 Å². The molecule has 0 aliphatic rings. The number of aromatic nitrogens is 4. The number of aromatic amines is 1. The summed E-state index contributed by atoms with van der Waals surface area (Å²) in [7, 11) is 5.75. The molecule has 0 saturated heterocycles. The van der Waals surface area contributed by atoms with Gasteiger partial charge in [0.05, 0.1) is 7.11 Å². The van der Waals surface area contributed by atoms with Crippen molar-refractivity contribution in [2.45, 2.75) is 13.0 Å². The van der Waals surface area contributed by atoms with Gasteiger partial charge in [0.2, 0.25) is 0 Å². The van der Waals surface area contributed by atoms with E-state index in [1.165, 1.54) is 0 Å². The lowest BCUT2D eigenvalue weighted by atomic mass is 10.1. The topological polar surface area (TPSA) is 66.9 Å². The van der Waals surface area contributed by atoms with Crippen LogP contribution in [0.4, 0.5) is 0 Å². The number of ether oxygens (including phenoxy) is 1. The third-order valence-corrected chi connectivity index (χ3v) is 2.58. The van der Waals surface area contributed by atoms with Crippen LogP contribution in [0.2, 0.25) is 0 Å². The molecule has 2 rings (SSSR count). The fourth-order valence-electron chi connectivity index (χ4n) is 1.85. The number of nitrogens with zero attached hydrogens (tertiary/aromatic N) is 4. The molecule has 0 aliphatic carbocycles. The van der Waals surface area contributed by atoms with E-state index < -0.39 is 0 Å². The van der Waals surface area contributed by atoms with Crippen LogP contribution in [-0.2, 0) is 13.0 Å². The summed E-state index contributed by atoms with van der Waals surface area (Å²) in [5, 5.41) is 13.9. The summed E-state index contributed by atoms with van der Waals surface area (Å²) in [5.41, 5.74) is 2.30. The smallest absolute Gasteiger partial charge is 0.178 e. The lowest BCUT2D eigenvalue weighted by Gasteiger charge is -2.14. The largest absolute Gasteiger partial charge is 0.496 e. The quantitative estimate of drug-likeness (QED) is 0.848.